The Morgan fingerprint density at radius 1 is 0.882 bits per heavy atom. The van der Waals surface area contributed by atoms with Crippen LogP contribution >= 0.6 is 11.6 Å². The van der Waals surface area contributed by atoms with Gasteiger partial charge in [-0.1, -0.05) is 72.2 Å². The summed E-state index contributed by atoms with van der Waals surface area (Å²) in [4.78, 5) is 12.8. The van der Waals surface area contributed by atoms with Gasteiger partial charge in [-0.05, 0) is 64.6 Å². The van der Waals surface area contributed by atoms with E-state index in [9.17, 15) is 4.79 Å². The van der Waals surface area contributed by atoms with Gasteiger partial charge in [0.05, 0.1) is 6.26 Å². The van der Waals surface area contributed by atoms with Crippen LogP contribution in [0.1, 0.15) is 22.8 Å². The molecule has 0 aliphatic carbocycles. The van der Waals surface area contributed by atoms with Crippen LogP contribution in [0.4, 0.5) is 6.01 Å². The molecule has 5 aromatic rings. The highest BCUT2D eigenvalue weighted by Crippen LogP contribution is 2.29. The quantitative estimate of drug-likeness (QED) is 0.286. The van der Waals surface area contributed by atoms with Gasteiger partial charge < -0.3 is 8.83 Å². The van der Waals surface area contributed by atoms with Crippen molar-refractivity contribution in [2.75, 3.05) is 5.32 Å². The van der Waals surface area contributed by atoms with Gasteiger partial charge in [0.15, 0.2) is 5.76 Å². The Morgan fingerprint density at radius 3 is 2.21 bits per heavy atom. The summed E-state index contributed by atoms with van der Waals surface area (Å²) in [7, 11) is 0. The second-order valence-electron chi connectivity index (χ2n) is 7.70. The molecule has 6 nitrogen and oxygen atoms in total. The van der Waals surface area contributed by atoms with Crippen molar-refractivity contribution in [3.05, 3.63) is 101 Å². The number of aryl methyl sites for hydroxylation is 1. The molecule has 1 amide bonds. The molecule has 2 heterocycles. The topological polar surface area (TPSA) is 81.2 Å². The Hall–Kier alpha value is -4.16. The number of aromatic nitrogens is 2. The minimum atomic E-state index is -0.411. The van der Waals surface area contributed by atoms with Gasteiger partial charge in [-0.3, -0.25) is 10.1 Å². The lowest BCUT2D eigenvalue weighted by molar-refractivity contribution is 0.102. The zero-order chi connectivity index (χ0) is 23.5. The first-order valence-corrected chi connectivity index (χ1v) is 11.2. The zero-order valence-electron chi connectivity index (χ0n) is 18.3. The number of hydrogen-bond donors (Lipinski definition) is 1. The van der Waals surface area contributed by atoms with Crippen molar-refractivity contribution in [2.24, 2.45) is 0 Å². The summed E-state index contributed by atoms with van der Waals surface area (Å²) in [5.74, 6) is 0.185. The number of halogens is 1. The van der Waals surface area contributed by atoms with E-state index >= 15 is 0 Å². The third-order valence-electron chi connectivity index (χ3n) is 5.45. The van der Waals surface area contributed by atoms with E-state index in [1.165, 1.54) is 11.8 Å². The summed E-state index contributed by atoms with van der Waals surface area (Å²) in [5, 5.41) is 10.8. The predicted octanol–water partition coefficient (Wildman–Crippen LogP) is 7.13. The molecule has 0 unspecified atom stereocenters. The lowest BCUT2D eigenvalue weighted by Crippen LogP contribution is -2.12. The molecule has 0 aliphatic rings. The summed E-state index contributed by atoms with van der Waals surface area (Å²) < 4.78 is 10.7. The number of carbonyl (C=O) groups is 1. The number of nitrogens with zero attached hydrogens (tertiary/aromatic N) is 2. The van der Waals surface area contributed by atoms with E-state index in [4.69, 9.17) is 20.4 Å². The van der Waals surface area contributed by atoms with E-state index in [-0.39, 0.29) is 11.9 Å². The van der Waals surface area contributed by atoms with Crippen LogP contribution in [0.3, 0.4) is 0 Å². The Morgan fingerprint density at radius 2 is 1.56 bits per heavy atom. The van der Waals surface area contributed by atoms with Crippen molar-refractivity contribution < 1.29 is 13.6 Å². The fourth-order valence-electron chi connectivity index (χ4n) is 3.62. The van der Waals surface area contributed by atoms with Crippen LogP contribution < -0.4 is 5.32 Å². The Balaban J connectivity index is 1.35. The number of rotatable bonds is 6. The molecule has 0 atom stereocenters. The first-order valence-electron chi connectivity index (χ1n) is 10.8. The molecular weight excluding hydrogens is 450 g/mol. The summed E-state index contributed by atoms with van der Waals surface area (Å²) in [6, 6.07) is 25.3. The van der Waals surface area contributed by atoms with Gasteiger partial charge in [0, 0.05) is 10.6 Å². The number of furan rings is 1. The highest BCUT2D eigenvalue weighted by atomic mass is 35.5. The van der Waals surface area contributed by atoms with Gasteiger partial charge in [-0.2, -0.15) is 0 Å². The fourth-order valence-corrected chi connectivity index (χ4v) is 3.85. The normalized spacial score (nSPS) is 10.9. The third-order valence-corrected chi connectivity index (χ3v) is 5.67. The Kier molecular flexibility index (Phi) is 5.97. The SMILES string of the molecule is CCc1ccc(-c2ccc(-c3cc(Cl)cc(C(=O)Nc4nnc(-c5ccco5)o4)c3)cc2)cc1. The van der Waals surface area contributed by atoms with Gasteiger partial charge in [-0.15, -0.1) is 5.10 Å². The minimum absolute atomic E-state index is 0.0311. The maximum absolute atomic E-state index is 12.8. The molecule has 0 aliphatic heterocycles. The average molecular weight is 470 g/mol. The smallest absolute Gasteiger partial charge is 0.322 e. The molecule has 3 aromatic carbocycles. The van der Waals surface area contributed by atoms with Crippen molar-refractivity contribution >= 4 is 23.5 Å². The summed E-state index contributed by atoms with van der Waals surface area (Å²) in [5.41, 5.74) is 5.73. The fraction of sp³-hybridized carbons (Fsp3) is 0.0741. The summed E-state index contributed by atoms with van der Waals surface area (Å²) in [6.07, 6.45) is 2.52. The Labute approximate surface area is 201 Å². The monoisotopic (exact) mass is 469 g/mol. The van der Waals surface area contributed by atoms with Gasteiger partial charge in [0.2, 0.25) is 0 Å². The van der Waals surface area contributed by atoms with Gasteiger partial charge >= 0.3 is 6.01 Å². The lowest BCUT2D eigenvalue weighted by Gasteiger charge is -2.08. The van der Waals surface area contributed by atoms with Crippen molar-refractivity contribution in [3.8, 4) is 33.9 Å². The number of amides is 1. The van der Waals surface area contributed by atoms with Crippen molar-refractivity contribution in [3.63, 3.8) is 0 Å². The minimum Gasteiger partial charge on any atom is -0.459 e. The van der Waals surface area contributed by atoms with Crippen molar-refractivity contribution in [1.29, 1.82) is 0 Å². The van der Waals surface area contributed by atoms with Gasteiger partial charge in [-0.25, -0.2) is 0 Å². The largest absolute Gasteiger partial charge is 0.459 e. The molecule has 168 valence electrons. The first kappa shape index (κ1) is 21.7. The molecule has 0 bridgehead atoms. The molecule has 0 radical (unpaired) electrons. The average Bonchev–Trinajstić information content (AvgIpc) is 3.56. The molecule has 2 aromatic heterocycles. The van der Waals surface area contributed by atoms with Crippen molar-refractivity contribution in [1.82, 2.24) is 10.2 Å². The van der Waals surface area contributed by atoms with Crippen LogP contribution in [0.2, 0.25) is 5.02 Å². The highest BCUT2D eigenvalue weighted by molar-refractivity contribution is 6.31. The van der Waals surface area contributed by atoms with E-state index in [2.05, 4.69) is 58.8 Å². The van der Waals surface area contributed by atoms with E-state index in [0.717, 1.165) is 28.7 Å². The van der Waals surface area contributed by atoms with Crippen LogP contribution in [0.25, 0.3) is 33.9 Å². The highest BCUT2D eigenvalue weighted by Gasteiger charge is 2.15. The maximum Gasteiger partial charge on any atom is 0.322 e. The van der Waals surface area contributed by atoms with Crippen LogP contribution in [0, 0.1) is 0 Å². The number of hydrogen-bond acceptors (Lipinski definition) is 5. The molecule has 1 N–H and O–H groups in total. The molecule has 0 saturated heterocycles. The third kappa shape index (κ3) is 4.63. The second-order valence-corrected chi connectivity index (χ2v) is 8.14. The molecule has 0 spiro atoms. The van der Waals surface area contributed by atoms with E-state index in [0.29, 0.717) is 16.3 Å². The first-order chi connectivity index (χ1) is 16.6. The van der Waals surface area contributed by atoms with E-state index in [1.807, 2.05) is 18.2 Å². The number of benzene rings is 3. The number of nitrogens with one attached hydrogen (secondary N) is 1. The van der Waals surface area contributed by atoms with Crippen LogP contribution in [-0.4, -0.2) is 16.1 Å². The van der Waals surface area contributed by atoms with Crippen molar-refractivity contribution in [2.45, 2.75) is 13.3 Å². The Bertz CT molecular complexity index is 1420. The number of carbonyl (C=O) groups excluding carboxylic acids is 1. The van der Waals surface area contributed by atoms with Gasteiger partial charge in [0.1, 0.15) is 0 Å². The van der Waals surface area contributed by atoms with Crippen LogP contribution in [0.5, 0.6) is 0 Å². The second kappa shape index (κ2) is 9.37. The summed E-state index contributed by atoms with van der Waals surface area (Å²) in [6.45, 7) is 2.14. The maximum atomic E-state index is 12.8. The lowest BCUT2D eigenvalue weighted by atomic mass is 9.98. The van der Waals surface area contributed by atoms with E-state index < -0.39 is 5.91 Å². The molecular formula is C27H20ClN3O3. The van der Waals surface area contributed by atoms with Gasteiger partial charge in [0.25, 0.3) is 11.8 Å². The summed E-state index contributed by atoms with van der Waals surface area (Å²) >= 11 is 6.33. The zero-order valence-corrected chi connectivity index (χ0v) is 19.0. The molecule has 0 saturated carbocycles. The molecule has 5 rings (SSSR count). The molecule has 34 heavy (non-hydrogen) atoms. The van der Waals surface area contributed by atoms with Crippen LogP contribution in [0.15, 0.2) is 94.0 Å². The van der Waals surface area contributed by atoms with Crippen LogP contribution in [-0.2, 0) is 6.42 Å². The predicted molar refractivity (Wildman–Crippen MR) is 132 cm³/mol. The van der Waals surface area contributed by atoms with E-state index in [1.54, 1.807) is 24.3 Å². The molecule has 0 fully saturated rings. The number of anilines is 1. The standard InChI is InChI=1S/C27H20ClN3O3/c1-2-17-5-7-18(8-6-17)19-9-11-20(12-10-19)21-14-22(16-23(28)15-21)25(32)29-27-31-30-26(34-27)24-4-3-13-33-24/h3-16H,2H2,1H3,(H,29,31,32). The molecule has 7 heteroatoms.